The van der Waals surface area contributed by atoms with Crippen LogP contribution in [0.3, 0.4) is 0 Å². The summed E-state index contributed by atoms with van der Waals surface area (Å²) in [5, 5.41) is 14.9. The summed E-state index contributed by atoms with van der Waals surface area (Å²) in [4.78, 5) is 6.41. The fourth-order valence-electron chi connectivity index (χ4n) is 3.24. The van der Waals surface area contributed by atoms with Crippen molar-refractivity contribution in [3.8, 4) is 5.75 Å². The fraction of sp³-hybridized carbons (Fsp3) is 0.412. The van der Waals surface area contributed by atoms with Gasteiger partial charge in [-0.2, -0.15) is 4.98 Å². The van der Waals surface area contributed by atoms with Crippen LogP contribution in [-0.2, 0) is 6.54 Å². The summed E-state index contributed by atoms with van der Waals surface area (Å²) in [6.45, 7) is 2.90. The molecule has 2 atom stereocenters. The van der Waals surface area contributed by atoms with Crippen molar-refractivity contribution in [2.45, 2.75) is 32.0 Å². The number of ether oxygens (including phenoxy) is 1. The largest absolute Gasteiger partial charge is 0.497 e. The molecule has 0 amide bonds. The van der Waals surface area contributed by atoms with Crippen LogP contribution < -0.4 is 4.74 Å². The molecule has 1 aliphatic heterocycles. The summed E-state index contributed by atoms with van der Waals surface area (Å²) in [6, 6.07) is 7.62. The number of benzene rings is 1. The molecule has 0 saturated carbocycles. The molecule has 3 heterocycles. The molecule has 1 aliphatic rings. The Kier molecular flexibility index (Phi) is 3.74. The topological polar surface area (TPSA) is 84.8 Å². The van der Waals surface area contributed by atoms with E-state index >= 15 is 0 Å². The van der Waals surface area contributed by atoms with Crippen LogP contribution in [0.1, 0.15) is 29.9 Å². The van der Waals surface area contributed by atoms with Gasteiger partial charge in [0.05, 0.1) is 25.8 Å². The second kappa shape index (κ2) is 5.92. The average Bonchev–Trinajstić information content (AvgIpc) is 3.25. The predicted octanol–water partition coefficient (Wildman–Crippen LogP) is 2.44. The van der Waals surface area contributed by atoms with Gasteiger partial charge >= 0.3 is 0 Å². The first-order valence-electron chi connectivity index (χ1n) is 7.91. The number of aliphatic hydroxyl groups excluding tert-OH is 1. The third-order valence-electron chi connectivity index (χ3n) is 4.34. The van der Waals surface area contributed by atoms with E-state index in [1.807, 2.05) is 24.3 Å². The highest BCUT2D eigenvalue weighted by molar-refractivity contribution is 5.79. The van der Waals surface area contributed by atoms with E-state index in [-0.39, 0.29) is 6.04 Å². The normalized spacial score (nSPS) is 21.6. The van der Waals surface area contributed by atoms with Crippen molar-refractivity contribution in [1.82, 2.24) is 15.0 Å². The molecule has 0 bridgehead atoms. The minimum Gasteiger partial charge on any atom is -0.497 e. The molecule has 1 saturated heterocycles. The van der Waals surface area contributed by atoms with Gasteiger partial charge in [0.1, 0.15) is 17.1 Å². The highest BCUT2D eigenvalue weighted by atomic mass is 16.5. The van der Waals surface area contributed by atoms with E-state index in [1.54, 1.807) is 14.0 Å². The molecule has 7 heteroatoms. The molecular weight excluding hydrogens is 310 g/mol. The maximum Gasteiger partial charge on any atom is 0.244 e. The maximum atomic E-state index is 10.0. The molecule has 1 fully saturated rings. The smallest absolute Gasteiger partial charge is 0.244 e. The lowest BCUT2D eigenvalue weighted by Gasteiger charge is -2.19. The maximum absolute atomic E-state index is 10.0. The number of aliphatic hydroxyl groups is 1. The number of β-amino-alcohol motifs (C(OH)–C–C–N with tert-alkyl or cyclic N) is 1. The van der Waals surface area contributed by atoms with Crippen LogP contribution >= 0.6 is 0 Å². The highest BCUT2D eigenvalue weighted by Gasteiger charge is 2.36. The van der Waals surface area contributed by atoms with Crippen LogP contribution in [0.5, 0.6) is 5.75 Å². The van der Waals surface area contributed by atoms with Crippen molar-refractivity contribution in [3.05, 3.63) is 41.7 Å². The zero-order valence-corrected chi connectivity index (χ0v) is 13.6. The van der Waals surface area contributed by atoms with E-state index < -0.39 is 6.10 Å². The highest BCUT2D eigenvalue weighted by Crippen LogP contribution is 2.33. The van der Waals surface area contributed by atoms with Crippen LogP contribution in [0.4, 0.5) is 0 Å². The first-order chi connectivity index (χ1) is 11.6. The summed E-state index contributed by atoms with van der Waals surface area (Å²) >= 11 is 0. The molecule has 1 N–H and O–H groups in total. The first-order valence-corrected chi connectivity index (χ1v) is 7.91. The zero-order chi connectivity index (χ0) is 16.7. The Hall–Kier alpha value is -2.38. The molecule has 1 aromatic carbocycles. The molecule has 0 spiro atoms. The van der Waals surface area contributed by atoms with Gasteiger partial charge in [0, 0.05) is 11.9 Å². The second-order valence-electron chi connectivity index (χ2n) is 6.13. The molecule has 24 heavy (non-hydrogen) atoms. The molecular formula is C17H19N3O4. The van der Waals surface area contributed by atoms with E-state index in [0.29, 0.717) is 31.2 Å². The van der Waals surface area contributed by atoms with Gasteiger partial charge in [0.25, 0.3) is 0 Å². The van der Waals surface area contributed by atoms with Crippen molar-refractivity contribution >= 4 is 11.0 Å². The third kappa shape index (κ3) is 2.76. The van der Waals surface area contributed by atoms with Crippen molar-refractivity contribution in [3.63, 3.8) is 0 Å². The SMILES string of the molecule is COc1ccc2oc(CN3C[C@H](O)C[C@@H]3c3nc(C)no3)cc2c1. The summed E-state index contributed by atoms with van der Waals surface area (Å²) < 4.78 is 16.4. The Labute approximate surface area is 138 Å². The predicted molar refractivity (Wildman–Crippen MR) is 85.6 cm³/mol. The van der Waals surface area contributed by atoms with Crippen molar-refractivity contribution < 1.29 is 18.8 Å². The number of likely N-dealkylation sites (tertiary alicyclic amines) is 1. The van der Waals surface area contributed by atoms with Gasteiger partial charge in [0.2, 0.25) is 5.89 Å². The standard InChI is InChI=1S/C17H19N3O4/c1-10-18-17(24-19-10)15-7-12(21)8-20(15)9-14-6-11-5-13(22-2)3-4-16(11)23-14/h3-6,12,15,21H,7-9H2,1-2H3/t12-,15-/m1/s1. The third-order valence-corrected chi connectivity index (χ3v) is 4.34. The number of aryl methyl sites for hydroxylation is 1. The second-order valence-corrected chi connectivity index (χ2v) is 6.13. The van der Waals surface area contributed by atoms with Crippen LogP contribution in [0.15, 0.2) is 33.2 Å². The molecule has 126 valence electrons. The summed E-state index contributed by atoms with van der Waals surface area (Å²) in [5.41, 5.74) is 0.815. The molecule has 2 aromatic heterocycles. The number of hydrogen-bond donors (Lipinski definition) is 1. The van der Waals surface area contributed by atoms with Crippen molar-refractivity contribution in [2.75, 3.05) is 13.7 Å². The fourth-order valence-corrected chi connectivity index (χ4v) is 3.24. The number of hydrogen-bond acceptors (Lipinski definition) is 7. The van der Waals surface area contributed by atoms with Crippen LogP contribution in [-0.4, -0.2) is 39.9 Å². The Morgan fingerprint density at radius 1 is 1.38 bits per heavy atom. The van der Waals surface area contributed by atoms with E-state index in [2.05, 4.69) is 15.0 Å². The van der Waals surface area contributed by atoms with Crippen molar-refractivity contribution in [2.24, 2.45) is 0 Å². The lowest BCUT2D eigenvalue weighted by atomic mass is 10.2. The number of furan rings is 1. The molecule has 0 radical (unpaired) electrons. The van der Waals surface area contributed by atoms with Crippen LogP contribution in [0.2, 0.25) is 0 Å². The monoisotopic (exact) mass is 329 g/mol. The summed E-state index contributed by atoms with van der Waals surface area (Å²) in [7, 11) is 1.64. The minimum absolute atomic E-state index is 0.0936. The Morgan fingerprint density at radius 2 is 2.25 bits per heavy atom. The Bertz CT molecular complexity index is 857. The minimum atomic E-state index is -0.410. The van der Waals surface area contributed by atoms with E-state index in [1.165, 1.54) is 0 Å². The number of methoxy groups -OCH3 is 1. The van der Waals surface area contributed by atoms with Gasteiger partial charge in [-0.05, 0) is 37.6 Å². The molecule has 7 nitrogen and oxygen atoms in total. The Morgan fingerprint density at radius 3 is 3.00 bits per heavy atom. The van der Waals surface area contributed by atoms with Gasteiger partial charge in [-0.25, -0.2) is 0 Å². The number of nitrogens with zero attached hydrogens (tertiary/aromatic N) is 3. The van der Waals surface area contributed by atoms with Crippen LogP contribution in [0, 0.1) is 6.92 Å². The van der Waals surface area contributed by atoms with Gasteiger partial charge in [-0.15, -0.1) is 0 Å². The van der Waals surface area contributed by atoms with E-state index in [0.717, 1.165) is 22.5 Å². The van der Waals surface area contributed by atoms with Gasteiger partial charge in [-0.3, -0.25) is 4.90 Å². The quantitative estimate of drug-likeness (QED) is 0.787. The van der Waals surface area contributed by atoms with E-state index in [9.17, 15) is 5.11 Å². The van der Waals surface area contributed by atoms with Crippen molar-refractivity contribution in [1.29, 1.82) is 0 Å². The molecule has 3 aromatic rings. The summed E-state index contributed by atoms with van der Waals surface area (Å²) in [5.74, 6) is 2.77. The number of rotatable bonds is 4. The van der Waals surface area contributed by atoms with Gasteiger partial charge < -0.3 is 18.8 Å². The van der Waals surface area contributed by atoms with Crippen LogP contribution in [0.25, 0.3) is 11.0 Å². The van der Waals surface area contributed by atoms with E-state index in [4.69, 9.17) is 13.7 Å². The lowest BCUT2D eigenvalue weighted by molar-refractivity contribution is 0.164. The average molecular weight is 329 g/mol. The Balaban J connectivity index is 1.58. The first kappa shape index (κ1) is 15.2. The molecule has 0 aliphatic carbocycles. The lowest BCUT2D eigenvalue weighted by Crippen LogP contribution is -2.24. The van der Waals surface area contributed by atoms with Gasteiger partial charge in [0.15, 0.2) is 5.82 Å². The molecule has 0 unspecified atom stereocenters. The summed E-state index contributed by atoms with van der Waals surface area (Å²) in [6.07, 6.45) is 0.169. The number of aromatic nitrogens is 2. The van der Waals surface area contributed by atoms with Gasteiger partial charge in [-0.1, -0.05) is 5.16 Å². The molecule has 4 rings (SSSR count). The zero-order valence-electron chi connectivity index (χ0n) is 13.6. The number of fused-ring (bicyclic) bond motifs is 1.